The van der Waals surface area contributed by atoms with Crippen LogP contribution in [0.5, 0.6) is 0 Å². The minimum atomic E-state index is -0.196. The van der Waals surface area contributed by atoms with E-state index in [0.29, 0.717) is 12.2 Å². The molecule has 19 heavy (non-hydrogen) atoms. The Morgan fingerprint density at radius 2 is 2.11 bits per heavy atom. The summed E-state index contributed by atoms with van der Waals surface area (Å²) in [7, 11) is 0. The molecule has 3 rings (SSSR count). The minimum Gasteiger partial charge on any atom is -0.370 e. The average molecular weight is 264 g/mol. The quantitative estimate of drug-likeness (QED) is 0.826. The summed E-state index contributed by atoms with van der Waals surface area (Å²) < 4.78 is 25.8. The van der Waals surface area contributed by atoms with E-state index in [2.05, 4.69) is 13.8 Å². The van der Waals surface area contributed by atoms with Crippen LogP contribution in [-0.2, 0) is 16.1 Å². The Hall–Kier alpha value is -0.930. The third kappa shape index (κ3) is 2.41. The second-order valence-corrected chi connectivity index (χ2v) is 6.31. The molecule has 0 N–H and O–H groups in total. The lowest BCUT2D eigenvalue weighted by molar-refractivity contribution is -0.150. The Labute approximate surface area is 113 Å². The van der Waals surface area contributed by atoms with Gasteiger partial charge in [-0.1, -0.05) is 18.2 Å². The van der Waals surface area contributed by atoms with E-state index in [9.17, 15) is 4.39 Å². The summed E-state index contributed by atoms with van der Waals surface area (Å²) in [5.41, 5.74) is 0.378. The van der Waals surface area contributed by atoms with Crippen molar-refractivity contribution in [3.8, 4) is 0 Å². The van der Waals surface area contributed by atoms with Gasteiger partial charge in [0.1, 0.15) is 5.82 Å². The van der Waals surface area contributed by atoms with Gasteiger partial charge < -0.3 is 9.47 Å². The van der Waals surface area contributed by atoms with E-state index in [0.717, 1.165) is 19.3 Å². The molecule has 0 unspecified atom stereocenters. The van der Waals surface area contributed by atoms with Crippen LogP contribution in [0, 0.1) is 5.82 Å². The maximum Gasteiger partial charge on any atom is 0.128 e. The molecule has 2 heterocycles. The van der Waals surface area contributed by atoms with Gasteiger partial charge in [0.15, 0.2) is 0 Å². The summed E-state index contributed by atoms with van der Waals surface area (Å²) in [6.45, 7) is 4.62. The van der Waals surface area contributed by atoms with Crippen molar-refractivity contribution in [2.24, 2.45) is 0 Å². The highest BCUT2D eigenvalue weighted by Gasteiger charge is 2.54. The van der Waals surface area contributed by atoms with Gasteiger partial charge in [-0.15, -0.1) is 0 Å². The topological polar surface area (TPSA) is 18.5 Å². The zero-order chi connectivity index (χ0) is 13.5. The molecular formula is C16H21FO2. The standard InChI is InChI=1S/C16H21FO2/c1-15-8-5-9-16(2,19-15)14(10-15)18-11-12-6-3-4-7-13(12)17/h3-4,6-7,14H,5,8-11H2,1-2H3/t14-,15-,16+/m0/s1. The molecule has 0 amide bonds. The van der Waals surface area contributed by atoms with Crippen LogP contribution in [0.2, 0.25) is 0 Å². The second-order valence-electron chi connectivity index (χ2n) is 6.31. The Morgan fingerprint density at radius 1 is 1.32 bits per heavy atom. The molecule has 2 saturated heterocycles. The largest absolute Gasteiger partial charge is 0.370 e. The van der Waals surface area contributed by atoms with Crippen molar-refractivity contribution in [3.63, 3.8) is 0 Å². The van der Waals surface area contributed by atoms with Crippen LogP contribution in [0.3, 0.4) is 0 Å². The number of hydrogen-bond donors (Lipinski definition) is 0. The van der Waals surface area contributed by atoms with Crippen LogP contribution < -0.4 is 0 Å². The summed E-state index contributed by atoms with van der Waals surface area (Å²) in [4.78, 5) is 0. The van der Waals surface area contributed by atoms with E-state index in [4.69, 9.17) is 9.47 Å². The van der Waals surface area contributed by atoms with Gasteiger partial charge in [0, 0.05) is 12.0 Å². The van der Waals surface area contributed by atoms with Crippen LogP contribution in [-0.4, -0.2) is 17.3 Å². The fraction of sp³-hybridized carbons (Fsp3) is 0.625. The van der Waals surface area contributed by atoms with Crippen molar-refractivity contribution in [1.29, 1.82) is 0 Å². The zero-order valence-electron chi connectivity index (χ0n) is 11.6. The molecule has 0 spiro atoms. The number of halogens is 1. The number of benzene rings is 1. The summed E-state index contributed by atoms with van der Waals surface area (Å²) in [6.07, 6.45) is 4.30. The van der Waals surface area contributed by atoms with E-state index in [1.165, 1.54) is 12.5 Å². The van der Waals surface area contributed by atoms with Crippen LogP contribution in [0.4, 0.5) is 4.39 Å². The third-order valence-corrected chi connectivity index (χ3v) is 4.55. The first-order valence-corrected chi connectivity index (χ1v) is 7.06. The van der Waals surface area contributed by atoms with Crippen molar-refractivity contribution < 1.29 is 13.9 Å². The van der Waals surface area contributed by atoms with Gasteiger partial charge in [-0.05, 0) is 39.2 Å². The Balaban J connectivity index is 1.69. The first-order valence-electron chi connectivity index (χ1n) is 7.06. The summed E-state index contributed by atoms with van der Waals surface area (Å²) in [6, 6.07) is 6.80. The number of hydrogen-bond acceptors (Lipinski definition) is 2. The second kappa shape index (κ2) is 4.57. The van der Waals surface area contributed by atoms with E-state index in [-0.39, 0.29) is 23.1 Å². The minimum absolute atomic E-state index is 0.0487. The summed E-state index contributed by atoms with van der Waals surface area (Å²) in [5, 5.41) is 0. The van der Waals surface area contributed by atoms with Gasteiger partial charge in [-0.3, -0.25) is 0 Å². The van der Waals surface area contributed by atoms with Crippen molar-refractivity contribution in [1.82, 2.24) is 0 Å². The molecule has 2 aliphatic rings. The molecular weight excluding hydrogens is 243 g/mol. The molecule has 2 nitrogen and oxygen atoms in total. The third-order valence-electron chi connectivity index (χ3n) is 4.55. The van der Waals surface area contributed by atoms with Gasteiger partial charge in [0.05, 0.1) is 23.9 Å². The predicted molar refractivity (Wildman–Crippen MR) is 71.3 cm³/mol. The maximum atomic E-state index is 13.6. The van der Waals surface area contributed by atoms with Gasteiger partial charge >= 0.3 is 0 Å². The van der Waals surface area contributed by atoms with Crippen LogP contribution in [0.25, 0.3) is 0 Å². The fourth-order valence-electron chi connectivity index (χ4n) is 3.50. The van der Waals surface area contributed by atoms with E-state index < -0.39 is 0 Å². The number of ether oxygens (including phenoxy) is 2. The van der Waals surface area contributed by atoms with E-state index in [1.54, 1.807) is 12.1 Å². The highest BCUT2D eigenvalue weighted by Crippen LogP contribution is 2.49. The first kappa shape index (κ1) is 13.1. The molecule has 0 aliphatic carbocycles. The SMILES string of the molecule is C[C@@]12CCC[C@@](C)(O1)[C@@H](OCc1ccccc1F)C2. The predicted octanol–water partition coefficient (Wildman–Crippen LogP) is 3.83. The molecule has 3 atom stereocenters. The molecule has 0 radical (unpaired) electrons. The molecule has 104 valence electrons. The Kier molecular flexibility index (Phi) is 3.14. The fourth-order valence-corrected chi connectivity index (χ4v) is 3.50. The molecule has 1 aromatic rings. The van der Waals surface area contributed by atoms with Gasteiger partial charge in [-0.25, -0.2) is 4.39 Å². The molecule has 2 aliphatic heterocycles. The maximum absolute atomic E-state index is 13.6. The summed E-state index contributed by atoms with van der Waals surface area (Å²) in [5.74, 6) is -0.194. The lowest BCUT2D eigenvalue weighted by Crippen LogP contribution is -2.41. The number of rotatable bonds is 3. The Bertz CT molecular complexity index is 476. The molecule has 0 aromatic heterocycles. The molecule has 3 heteroatoms. The first-order chi connectivity index (χ1) is 9.01. The Morgan fingerprint density at radius 3 is 2.84 bits per heavy atom. The lowest BCUT2D eigenvalue weighted by Gasteiger charge is -2.37. The normalized spacial score (nSPS) is 37.5. The van der Waals surface area contributed by atoms with E-state index in [1.807, 2.05) is 6.07 Å². The van der Waals surface area contributed by atoms with Crippen molar-refractivity contribution in [3.05, 3.63) is 35.6 Å². The molecule has 0 saturated carbocycles. The highest BCUT2D eigenvalue weighted by molar-refractivity contribution is 5.16. The van der Waals surface area contributed by atoms with Crippen LogP contribution in [0.15, 0.2) is 24.3 Å². The summed E-state index contributed by atoms with van der Waals surface area (Å²) >= 11 is 0. The van der Waals surface area contributed by atoms with Gasteiger partial charge in [0.25, 0.3) is 0 Å². The van der Waals surface area contributed by atoms with Crippen molar-refractivity contribution in [2.45, 2.75) is 63.4 Å². The molecule has 1 aromatic carbocycles. The van der Waals surface area contributed by atoms with E-state index >= 15 is 0 Å². The number of fused-ring (bicyclic) bond motifs is 2. The smallest absolute Gasteiger partial charge is 0.128 e. The van der Waals surface area contributed by atoms with Crippen molar-refractivity contribution in [2.75, 3.05) is 0 Å². The molecule has 2 bridgehead atoms. The zero-order valence-corrected chi connectivity index (χ0v) is 11.6. The highest BCUT2D eigenvalue weighted by atomic mass is 19.1. The van der Waals surface area contributed by atoms with Crippen LogP contribution in [0.1, 0.15) is 45.1 Å². The lowest BCUT2D eigenvalue weighted by atomic mass is 9.94. The average Bonchev–Trinajstić information content (AvgIpc) is 2.53. The molecule has 2 fully saturated rings. The van der Waals surface area contributed by atoms with Gasteiger partial charge in [0.2, 0.25) is 0 Å². The van der Waals surface area contributed by atoms with Crippen LogP contribution >= 0.6 is 0 Å². The van der Waals surface area contributed by atoms with Gasteiger partial charge in [-0.2, -0.15) is 0 Å². The monoisotopic (exact) mass is 264 g/mol. The van der Waals surface area contributed by atoms with Crippen molar-refractivity contribution >= 4 is 0 Å².